The Labute approximate surface area is 186 Å². The third-order valence-electron chi connectivity index (χ3n) is 4.92. The van der Waals surface area contributed by atoms with Gasteiger partial charge in [-0.15, -0.1) is 0 Å². The fraction of sp³-hybridized carbons (Fsp3) is 0.167. The molecule has 7 nitrogen and oxygen atoms in total. The number of aromatic nitrogens is 1. The Morgan fingerprint density at radius 1 is 1.00 bits per heavy atom. The van der Waals surface area contributed by atoms with Crippen LogP contribution < -0.4 is 5.32 Å². The van der Waals surface area contributed by atoms with Gasteiger partial charge in [-0.25, -0.2) is 13.4 Å². The Bertz CT molecular complexity index is 1310. The molecular formula is C24H22N2O5S. The molecule has 2 aromatic carbocycles. The molecule has 0 fully saturated rings. The average molecular weight is 451 g/mol. The van der Waals surface area contributed by atoms with Gasteiger partial charge in [0, 0.05) is 24.1 Å². The van der Waals surface area contributed by atoms with Gasteiger partial charge in [0.15, 0.2) is 15.6 Å². The van der Waals surface area contributed by atoms with E-state index >= 15 is 0 Å². The van der Waals surface area contributed by atoms with E-state index in [0.717, 1.165) is 11.1 Å². The fourth-order valence-corrected chi connectivity index (χ4v) is 4.57. The molecule has 0 aliphatic carbocycles. The van der Waals surface area contributed by atoms with Crippen LogP contribution in [0.1, 0.15) is 27.4 Å². The number of hydrogen-bond donors (Lipinski definition) is 1. The standard InChI is InChI=1S/C24H22N2O5S/c1-17-7-9-18(10-8-17)24-26-20(15-31-24)11-13-25-23(27)22-19(12-14-30-22)16-32(28,29)21-5-3-2-4-6-21/h2-10,12,14-15H,11,13,16H2,1H3,(H,25,27). The summed E-state index contributed by atoms with van der Waals surface area (Å²) in [5, 5.41) is 2.75. The normalized spacial score (nSPS) is 11.4. The van der Waals surface area contributed by atoms with Crippen LogP contribution in [0.4, 0.5) is 0 Å². The number of amides is 1. The van der Waals surface area contributed by atoms with Crippen molar-refractivity contribution in [2.75, 3.05) is 6.54 Å². The van der Waals surface area contributed by atoms with Gasteiger partial charge in [-0.1, -0.05) is 35.9 Å². The Morgan fingerprint density at radius 3 is 2.50 bits per heavy atom. The quantitative estimate of drug-likeness (QED) is 0.432. The molecule has 0 bridgehead atoms. The first-order valence-electron chi connectivity index (χ1n) is 10.1. The highest BCUT2D eigenvalue weighted by atomic mass is 32.2. The minimum Gasteiger partial charge on any atom is -0.459 e. The number of aryl methyl sites for hydroxylation is 1. The lowest BCUT2D eigenvalue weighted by molar-refractivity contribution is 0.0925. The van der Waals surface area contributed by atoms with Crippen LogP contribution in [0.25, 0.3) is 11.5 Å². The zero-order chi connectivity index (χ0) is 22.6. The van der Waals surface area contributed by atoms with E-state index in [1.807, 2.05) is 31.2 Å². The summed E-state index contributed by atoms with van der Waals surface area (Å²) in [5.41, 5.74) is 3.05. The second-order valence-electron chi connectivity index (χ2n) is 7.36. The van der Waals surface area contributed by atoms with Gasteiger partial charge < -0.3 is 14.2 Å². The molecule has 164 valence electrons. The zero-order valence-electron chi connectivity index (χ0n) is 17.4. The molecule has 2 heterocycles. The molecule has 0 radical (unpaired) electrons. The Hall–Kier alpha value is -3.65. The Kier molecular flexibility index (Phi) is 6.23. The second kappa shape index (κ2) is 9.23. The SMILES string of the molecule is Cc1ccc(-c2nc(CCNC(=O)c3occc3CS(=O)(=O)c3ccccc3)co2)cc1. The minimum atomic E-state index is -3.59. The molecule has 0 atom stereocenters. The summed E-state index contributed by atoms with van der Waals surface area (Å²) < 4.78 is 36.0. The van der Waals surface area contributed by atoms with Gasteiger partial charge in [0.05, 0.1) is 22.6 Å². The van der Waals surface area contributed by atoms with Crippen molar-refractivity contribution in [1.82, 2.24) is 10.3 Å². The lowest BCUT2D eigenvalue weighted by Crippen LogP contribution is -2.26. The summed E-state index contributed by atoms with van der Waals surface area (Å²) >= 11 is 0. The van der Waals surface area contributed by atoms with Crippen molar-refractivity contribution >= 4 is 15.7 Å². The summed E-state index contributed by atoms with van der Waals surface area (Å²) in [4.78, 5) is 17.2. The van der Waals surface area contributed by atoms with Crippen LogP contribution in [0, 0.1) is 6.92 Å². The third-order valence-corrected chi connectivity index (χ3v) is 6.60. The van der Waals surface area contributed by atoms with Crippen molar-refractivity contribution < 1.29 is 22.0 Å². The van der Waals surface area contributed by atoms with Crippen LogP contribution >= 0.6 is 0 Å². The summed E-state index contributed by atoms with van der Waals surface area (Å²) in [6.07, 6.45) is 3.34. The highest BCUT2D eigenvalue weighted by Crippen LogP contribution is 2.21. The predicted octanol–water partition coefficient (Wildman–Crippen LogP) is 4.19. The molecule has 0 saturated heterocycles. The first-order valence-corrected chi connectivity index (χ1v) is 11.7. The number of carbonyl (C=O) groups is 1. The van der Waals surface area contributed by atoms with Crippen LogP contribution in [-0.4, -0.2) is 25.9 Å². The van der Waals surface area contributed by atoms with Crippen LogP contribution in [0.5, 0.6) is 0 Å². The fourth-order valence-electron chi connectivity index (χ4n) is 3.20. The molecule has 4 rings (SSSR count). The maximum atomic E-state index is 12.6. The molecular weight excluding hydrogens is 428 g/mol. The number of sulfone groups is 1. The average Bonchev–Trinajstić information content (AvgIpc) is 3.44. The van der Waals surface area contributed by atoms with Crippen molar-refractivity contribution in [3.8, 4) is 11.5 Å². The molecule has 0 saturated carbocycles. The summed E-state index contributed by atoms with van der Waals surface area (Å²) in [6, 6.07) is 17.5. The number of hydrogen-bond acceptors (Lipinski definition) is 6. The largest absolute Gasteiger partial charge is 0.459 e. The van der Waals surface area contributed by atoms with Crippen molar-refractivity contribution in [3.63, 3.8) is 0 Å². The number of carbonyl (C=O) groups excluding carboxylic acids is 1. The van der Waals surface area contributed by atoms with Crippen molar-refractivity contribution in [3.05, 3.63) is 95.8 Å². The highest BCUT2D eigenvalue weighted by Gasteiger charge is 2.22. The first-order chi connectivity index (χ1) is 15.4. The summed E-state index contributed by atoms with van der Waals surface area (Å²) in [5.74, 6) is -0.286. The zero-order valence-corrected chi connectivity index (χ0v) is 18.3. The van der Waals surface area contributed by atoms with Gasteiger partial charge in [-0.05, 0) is 37.3 Å². The molecule has 1 N–H and O–H groups in total. The summed E-state index contributed by atoms with van der Waals surface area (Å²) in [7, 11) is -3.59. The molecule has 0 aliphatic rings. The Balaban J connectivity index is 1.36. The minimum absolute atomic E-state index is 0.00926. The molecule has 32 heavy (non-hydrogen) atoms. The van der Waals surface area contributed by atoms with Crippen LogP contribution in [0.15, 0.2) is 86.9 Å². The number of rotatable bonds is 8. The van der Waals surface area contributed by atoms with Crippen molar-refractivity contribution in [2.24, 2.45) is 0 Å². The van der Waals surface area contributed by atoms with E-state index in [-0.39, 0.29) is 16.4 Å². The van der Waals surface area contributed by atoms with Gasteiger partial charge in [-0.2, -0.15) is 0 Å². The molecule has 1 amide bonds. The van der Waals surface area contributed by atoms with E-state index in [4.69, 9.17) is 8.83 Å². The smallest absolute Gasteiger partial charge is 0.287 e. The van der Waals surface area contributed by atoms with E-state index in [0.29, 0.717) is 30.1 Å². The maximum Gasteiger partial charge on any atom is 0.287 e. The maximum absolute atomic E-state index is 12.6. The van der Waals surface area contributed by atoms with E-state index < -0.39 is 15.7 Å². The molecule has 0 unspecified atom stereocenters. The van der Waals surface area contributed by atoms with Gasteiger partial charge in [0.25, 0.3) is 5.91 Å². The third kappa shape index (κ3) is 4.97. The molecule has 2 aromatic heterocycles. The number of oxazole rings is 1. The van der Waals surface area contributed by atoms with Gasteiger partial charge in [-0.3, -0.25) is 4.79 Å². The number of nitrogens with zero attached hydrogens (tertiary/aromatic N) is 1. The molecule has 0 spiro atoms. The van der Waals surface area contributed by atoms with E-state index in [1.165, 1.54) is 24.5 Å². The number of furan rings is 1. The molecule has 8 heteroatoms. The van der Waals surface area contributed by atoms with Gasteiger partial charge in [0.2, 0.25) is 5.89 Å². The van der Waals surface area contributed by atoms with E-state index in [9.17, 15) is 13.2 Å². The Morgan fingerprint density at radius 2 is 1.75 bits per heavy atom. The van der Waals surface area contributed by atoms with Crippen molar-refractivity contribution in [2.45, 2.75) is 24.0 Å². The monoisotopic (exact) mass is 450 g/mol. The number of benzene rings is 2. The lowest BCUT2D eigenvalue weighted by Gasteiger charge is -2.06. The van der Waals surface area contributed by atoms with Crippen LogP contribution in [0.2, 0.25) is 0 Å². The van der Waals surface area contributed by atoms with Crippen molar-refractivity contribution in [1.29, 1.82) is 0 Å². The predicted molar refractivity (Wildman–Crippen MR) is 119 cm³/mol. The van der Waals surface area contributed by atoms with E-state index in [2.05, 4.69) is 10.3 Å². The second-order valence-corrected chi connectivity index (χ2v) is 9.35. The first kappa shape index (κ1) is 21.6. The summed E-state index contributed by atoms with van der Waals surface area (Å²) in [6.45, 7) is 2.30. The topological polar surface area (TPSA) is 102 Å². The molecule has 0 aliphatic heterocycles. The van der Waals surface area contributed by atoms with Crippen LogP contribution in [-0.2, 0) is 22.0 Å². The lowest BCUT2D eigenvalue weighted by atomic mass is 10.1. The van der Waals surface area contributed by atoms with Crippen LogP contribution in [0.3, 0.4) is 0 Å². The van der Waals surface area contributed by atoms with Gasteiger partial charge in [0.1, 0.15) is 6.26 Å². The van der Waals surface area contributed by atoms with E-state index in [1.54, 1.807) is 24.5 Å². The van der Waals surface area contributed by atoms with Gasteiger partial charge >= 0.3 is 0 Å². The molecule has 4 aromatic rings. The highest BCUT2D eigenvalue weighted by molar-refractivity contribution is 7.90. The number of nitrogens with one attached hydrogen (secondary N) is 1.